The Morgan fingerprint density at radius 2 is 2.38 bits per heavy atom. The van der Waals surface area contributed by atoms with Crippen LogP contribution in [0.4, 0.5) is 0 Å². The average molecular weight is 179 g/mol. The summed E-state index contributed by atoms with van der Waals surface area (Å²) in [7, 11) is 0. The number of aliphatic hydroxyl groups excluding tert-OH is 1. The van der Waals surface area contributed by atoms with Crippen molar-refractivity contribution in [2.45, 2.75) is 6.10 Å². The molecule has 68 valence electrons. The number of hydrogen-bond acceptors (Lipinski definition) is 5. The minimum atomic E-state index is -0.747. The fourth-order valence-corrected chi connectivity index (χ4v) is 1.03. The van der Waals surface area contributed by atoms with Crippen LogP contribution in [0.3, 0.4) is 0 Å². The zero-order valence-electron chi connectivity index (χ0n) is 6.83. The third-order valence-electron chi connectivity index (χ3n) is 1.70. The maximum Gasteiger partial charge on any atom is 0.250 e. The van der Waals surface area contributed by atoms with Crippen molar-refractivity contribution in [1.29, 1.82) is 0 Å². The van der Waals surface area contributed by atoms with Crippen LogP contribution in [-0.4, -0.2) is 31.2 Å². The van der Waals surface area contributed by atoms with Gasteiger partial charge in [0.25, 0.3) is 5.78 Å². The number of aromatic nitrogens is 4. The monoisotopic (exact) mass is 179 g/mol. The summed E-state index contributed by atoms with van der Waals surface area (Å²) < 4.78 is 1.49. The van der Waals surface area contributed by atoms with Gasteiger partial charge in [-0.1, -0.05) is 0 Å². The fraction of sp³-hybridized carbons (Fsp3) is 0.286. The highest BCUT2D eigenvalue weighted by molar-refractivity contribution is 5.28. The molecule has 0 aliphatic heterocycles. The largest absolute Gasteiger partial charge is 0.385 e. The van der Waals surface area contributed by atoms with Crippen molar-refractivity contribution < 1.29 is 5.11 Å². The van der Waals surface area contributed by atoms with Crippen molar-refractivity contribution >= 4 is 5.78 Å². The van der Waals surface area contributed by atoms with Gasteiger partial charge in [0, 0.05) is 6.54 Å². The lowest BCUT2D eigenvalue weighted by molar-refractivity contribution is 0.182. The highest BCUT2D eigenvalue weighted by Crippen LogP contribution is 2.08. The molecule has 0 bridgehead atoms. The number of imidazole rings is 1. The summed E-state index contributed by atoms with van der Waals surface area (Å²) in [5, 5.41) is 13.3. The second-order valence-corrected chi connectivity index (χ2v) is 2.60. The molecule has 2 heterocycles. The van der Waals surface area contributed by atoms with Crippen molar-refractivity contribution in [3.63, 3.8) is 0 Å². The van der Waals surface area contributed by atoms with Gasteiger partial charge in [-0.15, -0.1) is 0 Å². The van der Waals surface area contributed by atoms with Crippen molar-refractivity contribution in [2.75, 3.05) is 6.54 Å². The molecule has 0 amide bonds. The summed E-state index contributed by atoms with van der Waals surface area (Å²) in [6, 6.07) is 0. The standard InChI is InChI=1S/C7H9N5O/c8-3-6(13)5-4-12-7(11-5)9-1-2-10-12/h1-2,4,6,13H,3,8H2. The summed E-state index contributed by atoms with van der Waals surface area (Å²) in [5.74, 6) is 0.463. The molecule has 6 nitrogen and oxygen atoms in total. The predicted molar refractivity (Wildman–Crippen MR) is 44.8 cm³/mol. The predicted octanol–water partition coefficient (Wildman–Crippen LogP) is -0.884. The Morgan fingerprint density at radius 3 is 3.08 bits per heavy atom. The van der Waals surface area contributed by atoms with Crippen molar-refractivity contribution in [2.24, 2.45) is 5.73 Å². The van der Waals surface area contributed by atoms with E-state index in [4.69, 9.17) is 5.73 Å². The first-order chi connectivity index (χ1) is 6.31. The molecule has 6 heteroatoms. The first-order valence-electron chi connectivity index (χ1n) is 3.85. The molecule has 2 aromatic rings. The van der Waals surface area contributed by atoms with Crippen LogP contribution in [-0.2, 0) is 0 Å². The van der Waals surface area contributed by atoms with E-state index >= 15 is 0 Å². The third kappa shape index (κ3) is 1.36. The summed E-state index contributed by atoms with van der Waals surface area (Å²) >= 11 is 0. The second-order valence-electron chi connectivity index (χ2n) is 2.60. The molecule has 0 aliphatic rings. The molecule has 0 fully saturated rings. The van der Waals surface area contributed by atoms with E-state index in [1.807, 2.05) is 0 Å². The summed E-state index contributed by atoms with van der Waals surface area (Å²) in [5.41, 5.74) is 5.78. The minimum Gasteiger partial charge on any atom is -0.385 e. The number of nitrogens with zero attached hydrogens (tertiary/aromatic N) is 4. The Labute approximate surface area is 74.0 Å². The lowest BCUT2D eigenvalue weighted by Crippen LogP contribution is -2.11. The van der Waals surface area contributed by atoms with Crippen molar-refractivity contribution in [3.8, 4) is 0 Å². The number of fused-ring (bicyclic) bond motifs is 1. The maximum atomic E-state index is 9.37. The van der Waals surface area contributed by atoms with E-state index in [1.165, 1.54) is 4.52 Å². The number of rotatable bonds is 2. The topological polar surface area (TPSA) is 89.3 Å². The zero-order valence-corrected chi connectivity index (χ0v) is 6.83. The molecule has 1 atom stereocenters. The van der Waals surface area contributed by atoms with Gasteiger partial charge in [0.15, 0.2) is 0 Å². The number of nitrogens with two attached hydrogens (primary N) is 1. The van der Waals surface area contributed by atoms with Crippen molar-refractivity contribution in [1.82, 2.24) is 19.6 Å². The lowest BCUT2D eigenvalue weighted by atomic mass is 10.3. The SMILES string of the molecule is NCC(O)c1cn2nccnc2n1. The van der Waals surface area contributed by atoms with Crippen LogP contribution >= 0.6 is 0 Å². The quantitative estimate of drug-likeness (QED) is 0.624. The Morgan fingerprint density at radius 1 is 1.54 bits per heavy atom. The van der Waals surface area contributed by atoms with Gasteiger partial charge in [-0.2, -0.15) is 5.10 Å². The second kappa shape index (κ2) is 3.08. The molecule has 0 saturated heterocycles. The Kier molecular flexibility index (Phi) is 1.91. The highest BCUT2D eigenvalue weighted by Gasteiger charge is 2.10. The molecule has 0 saturated carbocycles. The molecule has 2 rings (SSSR count). The molecule has 3 N–H and O–H groups in total. The van der Waals surface area contributed by atoms with E-state index < -0.39 is 6.10 Å². The zero-order chi connectivity index (χ0) is 9.26. The van der Waals surface area contributed by atoms with E-state index in [1.54, 1.807) is 18.6 Å². The van der Waals surface area contributed by atoms with Gasteiger partial charge in [-0.3, -0.25) is 0 Å². The lowest BCUT2D eigenvalue weighted by Gasteiger charge is -2.00. The molecule has 0 aromatic carbocycles. The van der Waals surface area contributed by atoms with Crippen LogP contribution in [0.25, 0.3) is 5.78 Å². The number of aliphatic hydroxyl groups is 1. The van der Waals surface area contributed by atoms with Gasteiger partial charge in [-0.25, -0.2) is 14.5 Å². The molecular formula is C7H9N5O. The summed E-state index contributed by atoms with van der Waals surface area (Å²) in [4.78, 5) is 8.00. The van der Waals surface area contributed by atoms with Gasteiger partial charge in [0.2, 0.25) is 0 Å². The van der Waals surface area contributed by atoms with Crippen LogP contribution in [0.5, 0.6) is 0 Å². The summed E-state index contributed by atoms with van der Waals surface area (Å²) in [6.07, 6.45) is 3.96. The number of hydrogen-bond donors (Lipinski definition) is 2. The van der Waals surface area contributed by atoms with Gasteiger partial charge < -0.3 is 10.8 Å². The normalized spacial score (nSPS) is 13.4. The van der Waals surface area contributed by atoms with Gasteiger partial charge in [0.05, 0.1) is 24.3 Å². The Balaban J connectivity index is 2.49. The van der Waals surface area contributed by atoms with Gasteiger partial charge in [-0.05, 0) is 0 Å². The Bertz CT molecular complexity index is 379. The van der Waals surface area contributed by atoms with Crippen LogP contribution in [0.15, 0.2) is 18.6 Å². The molecule has 0 aliphatic carbocycles. The van der Waals surface area contributed by atoms with Crippen LogP contribution in [0.1, 0.15) is 11.8 Å². The molecule has 2 aromatic heterocycles. The average Bonchev–Trinajstić information content (AvgIpc) is 2.59. The maximum absolute atomic E-state index is 9.37. The smallest absolute Gasteiger partial charge is 0.250 e. The van der Waals surface area contributed by atoms with Gasteiger partial charge in [0.1, 0.15) is 6.10 Å². The molecule has 0 radical (unpaired) electrons. The minimum absolute atomic E-state index is 0.143. The van der Waals surface area contributed by atoms with Gasteiger partial charge >= 0.3 is 0 Å². The fourth-order valence-electron chi connectivity index (χ4n) is 1.03. The van der Waals surface area contributed by atoms with E-state index in [9.17, 15) is 5.11 Å². The summed E-state index contributed by atoms with van der Waals surface area (Å²) in [6.45, 7) is 0.143. The van der Waals surface area contributed by atoms with E-state index in [0.29, 0.717) is 11.5 Å². The molecule has 13 heavy (non-hydrogen) atoms. The van der Waals surface area contributed by atoms with E-state index in [2.05, 4.69) is 15.1 Å². The van der Waals surface area contributed by atoms with E-state index in [0.717, 1.165) is 0 Å². The highest BCUT2D eigenvalue weighted by atomic mass is 16.3. The Hall–Kier alpha value is -1.53. The third-order valence-corrected chi connectivity index (χ3v) is 1.70. The van der Waals surface area contributed by atoms with Crippen LogP contribution in [0.2, 0.25) is 0 Å². The first-order valence-corrected chi connectivity index (χ1v) is 3.85. The molecule has 0 spiro atoms. The molecular weight excluding hydrogens is 170 g/mol. The van der Waals surface area contributed by atoms with Crippen molar-refractivity contribution in [3.05, 3.63) is 24.3 Å². The van der Waals surface area contributed by atoms with Crippen LogP contribution < -0.4 is 5.73 Å². The first kappa shape index (κ1) is 8.09. The van der Waals surface area contributed by atoms with E-state index in [-0.39, 0.29) is 6.54 Å². The molecule has 1 unspecified atom stereocenters. The van der Waals surface area contributed by atoms with Crippen LogP contribution in [0, 0.1) is 0 Å².